The zero-order valence-electron chi connectivity index (χ0n) is 16.6. The molecular weight excluding hydrogens is 713 g/mol. The maximum absolute atomic E-state index is 10.3. The first-order valence-corrected chi connectivity index (χ1v) is 12.5. The second kappa shape index (κ2) is 12.9. The SMILES string of the molecule is O=S(=O)([O-])c1ccc(O)cc1.O=S(=O)([O-])c1ccc(O)cc1.O=S(=O)([O-])c1ccc(O)cc1.[Bi+3]. The average Bonchev–Trinajstić information content (AvgIpc) is 2.68. The molecule has 2 radical (unpaired) electrons. The summed E-state index contributed by atoms with van der Waals surface area (Å²) in [4.78, 5) is -1.01. The largest absolute Gasteiger partial charge is 3.00 e. The minimum Gasteiger partial charge on any atom is -0.744 e. The summed E-state index contributed by atoms with van der Waals surface area (Å²) in [6.45, 7) is 0. The third kappa shape index (κ3) is 11.7. The predicted molar refractivity (Wildman–Crippen MR) is 114 cm³/mol. The smallest absolute Gasteiger partial charge is 0.744 e. The van der Waals surface area contributed by atoms with Crippen LogP contribution in [0.25, 0.3) is 0 Å². The number of rotatable bonds is 3. The van der Waals surface area contributed by atoms with Crippen LogP contribution in [0.3, 0.4) is 0 Å². The van der Waals surface area contributed by atoms with Gasteiger partial charge in [-0.2, -0.15) is 0 Å². The van der Waals surface area contributed by atoms with Gasteiger partial charge in [-0.1, -0.05) is 0 Å². The van der Waals surface area contributed by atoms with E-state index in [1.807, 2.05) is 0 Å². The van der Waals surface area contributed by atoms with Crippen LogP contribution in [-0.4, -0.2) is 80.4 Å². The van der Waals surface area contributed by atoms with Crippen LogP contribution in [0, 0.1) is 0 Å². The maximum atomic E-state index is 10.3. The molecule has 3 N–H and O–H groups in total. The Hall–Kier alpha value is -2.33. The standard InChI is InChI=1S/3C6H6O4S.Bi/c3*7-5-1-3-6(4-2-5)11(8,9)10;/h3*1-4,7H,(H,8,9,10);/q;;;+3/p-3. The molecule has 3 rings (SSSR count). The van der Waals surface area contributed by atoms with Gasteiger partial charge in [0.05, 0.1) is 14.7 Å². The molecule has 0 spiro atoms. The predicted octanol–water partition coefficient (Wildman–Crippen LogP) is 0.508. The molecule has 0 aromatic heterocycles. The second-order valence-electron chi connectivity index (χ2n) is 5.84. The van der Waals surface area contributed by atoms with E-state index in [-0.39, 0.29) is 58.1 Å². The molecule has 12 nitrogen and oxygen atoms in total. The molecule has 0 saturated heterocycles. The van der Waals surface area contributed by atoms with E-state index >= 15 is 0 Å². The molecule has 0 fully saturated rings. The third-order valence-corrected chi connectivity index (χ3v) is 5.92. The number of phenols is 3. The minimum atomic E-state index is -4.38. The number of hydrogen-bond donors (Lipinski definition) is 3. The van der Waals surface area contributed by atoms with Crippen LogP contribution in [-0.2, 0) is 30.4 Å². The summed E-state index contributed by atoms with van der Waals surface area (Å²) in [5.41, 5.74) is 0. The van der Waals surface area contributed by atoms with Crippen LogP contribution >= 0.6 is 0 Å². The van der Waals surface area contributed by atoms with Crippen molar-refractivity contribution in [3.8, 4) is 17.2 Å². The van der Waals surface area contributed by atoms with Crippen molar-refractivity contribution in [2.75, 3.05) is 0 Å². The second-order valence-corrected chi connectivity index (χ2v) is 9.98. The Balaban J connectivity index is 0.000000473. The Bertz CT molecular complexity index is 1190. The molecule has 34 heavy (non-hydrogen) atoms. The van der Waals surface area contributed by atoms with Crippen LogP contribution in [0.5, 0.6) is 17.2 Å². The zero-order chi connectivity index (χ0) is 25.4. The molecule has 16 heteroatoms. The van der Waals surface area contributed by atoms with Gasteiger partial charge in [0.1, 0.15) is 47.6 Å². The summed E-state index contributed by atoms with van der Waals surface area (Å²) in [6, 6.07) is 13.2. The Labute approximate surface area is 214 Å². The van der Waals surface area contributed by atoms with Crippen molar-refractivity contribution in [1.29, 1.82) is 0 Å². The number of phenolic OH excluding ortho intramolecular Hbond substituents is 3. The summed E-state index contributed by atoms with van der Waals surface area (Å²) in [5, 5.41) is 26.2. The van der Waals surface area contributed by atoms with Gasteiger partial charge < -0.3 is 29.0 Å². The summed E-state index contributed by atoms with van der Waals surface area (Å²) in [7, 11) is -13.1. The number of hydrogen-bond acceptors (Lipinski definition) is 12. The molecule has 0 unspecified atom stereocenters. The first kappa shape index (κ1) is 31.7. The van der Waals surface area contributed by atoms with Gasteiger partial charge in [-0.3, -0.25) is 0 Å². The fraction of sp³-hybridized carbons (Fsp3) is 0. The topological polar surface area (TPSA) is 232 Å². The molecule has 182 valence electrons. The molecule has 0 atom stereocenters. The summed E-state index contributed by atoms with van der Waals surface area (Å²) in [6.07, 6.45) is 0. The van der Waals surface area contributed by atoms with Crippen LogP contribution < -0.4 is 0 Å². The van der Waals surface area contributed by atoms with Gasteiger partial charge in [-0.05, 0) is 72.8 Å². The van der Waals surface area contributed by atoms with Crippen LogP contribution in [0.4, 0.5) is 0 Å². The quantitative estimate of drug-likeness (QED) is 0.247. The summed E-state index contributed by atoms with van der Waals surface area (Å²) in [5.74, 6) is -0.216. The summed E-state index contributed by atoms with van der Waals surface area (Å²) >= 11 is 0. The molecule has 3 aromatic carbocycles. The van der Waals surface area contributed by atoms with E-state index in [2.05, 4.69) is 0 Å². The van der Waals surface area contributed by atoms with E-state index in [0.29, 0.717) is 0 Å². The molecule has 0 amide bonds. The van der Waals surface area contributed by atoms with Gasteiger partial charge in [-0.15, -0.1) is 0 Å². The van der Waals surface area contributed by atoms with Gasteiger partial charge in [0.15, 0.2) is 0 Å². The molecule has 0 aliphatic heterocycles. The Morgan fingerprint density at radius 2 is 0.559 bits per heavy atom. The van der Waals surface area contributed by atoms with Crippen LogP contribution in [0.1, 0.15) is 0 Å². The Kier molecular flexibility index (Phi) is 12.1. The molecule has 0 aliphatic carbocycles. The molecule has 0 heterocycles. The van der Waals surface area contributed by atoms with Crippen molar-refractivity contribution >= 4 is 56.6 Å². The van der Waals surface area contributed by atoms with Gasteiger partial charge in [0, 0.05) is 0 Å². The monoisotopic (exact) mass is 728 g/mol. The van der Waals surface area contributed by atoms with Gasteiger partial charge >= 0.3 is 26.2 Å². The van der Waals surface area contributed by atoms with E-state index < -0.39 is 30.4 Å². The van der Waals surface area contributed by atoms with E-state index in [9.17, 15) is 38.9 Å². The molecule has 0 bridgehead atoms. The Morgan fingerprint density at radius 3 is 0.676 bits per heavy atom. The van der Waals surface area contributed by atoms with Gasteiger partial charge in [0.25, 0.3) is 0 Å². The molecule has 0 aliphatic rings. The fourth-order valence-corrected chi connectivity index (χ4v) is 3.25. The molecule has 3 aromatic rings. The maximum Gasteiger partial charge on any atom is 3.00 e. The number of benzene rings is 3. The molecular formula is C18H15BiO12S3. The summed E-state index contributed by atoms with van der Waals surface area (Å²) < 4.78 is 92.8. The van der Waals surface area contributed by atoms with Crippen molar-refractivity contribution in [3.63, 3.8) is 0 Å². The van der Waals surface area contributed by atoms with Crippen molar-refractivity contribution in [3.05, 3.63) is 72.8 Å². The van der Waals surface area contributed by atoms with Crippen molar-refractivity contribution in [2.45, 2.75) is 14.7 Å². The first-order chi connectivity index (χ1) is 15.0. The van der Waals surface area contributed by atoms with E-state index in [0.717, 1.165) is 72.8 Å². The van der Waals surface area contributed by atoms with E-state index in [4.69, 9.17) is 15.3 Å². The first-order valence-electron chi connectivity index (χ1n) is 8.25. The number of aromatic hydroxyl groups is 3. The van der Waals surface area contributed by atoms with Crippen LogP contribution in [0.2, 0.25) is 0 Å². The van der Waals surface area contributed by atoms with Crippen LogP contribution in [0.15, 0.2) is 87.5 Å². The van der Waals surface area contributed by atoms with Gasteiger partial charge in [0.2, 0.25) is 0 Å². The van der Waals surface area contributed by atoms with E-state index in [1.54, 1.807) is 0 Å². The molecule has 0 saturated carbocycles. The Morgan fingerprint density at radius 1 is 0.412 bits per heavy atom. The average molecular weight is 728 g/mol. The third-order valence-electron chi connectivity index (χ3n) is 3.38. The van der Waals surface area contributed by atoms with E-state index in [1.165, 1.54) is 0 Å². The van der Waals surface area contributed by atoms with Crippen molar-refractivity contribution < 1.29 is 54.2 Å². The zero-order valence-corrected chi connectivity index (χ0v) is 22.5. The van der Waals surface area contributed by atoms with Crippen molar-refractivity contribution in [1.82, 2.24) is 0 Å². The van der Waals surface area contributed by atoms with Crippen molar-refractivity contribution in [2.24, 2.45) is 0 Å². The van der Waals surface area contributed by atoms with Gasteiger partial charge in [-0.25, -0.2) is 25.3 Å². The normalized spacial score (nSPS) is 11.0. The fourth-order valence-electron chi connectivity index (χ4n) is 1.84. The minimum absolute atomic E-state index is 0.